The molecule has 2 heteroatoms. The predicted octanol–water partition coefficient (Wildman–Crippen LogP) is 3.19. The summed E-state index contributed by atoms with van der Waals surface area (Å²) in [5.74, 6) is 0. The summed E-state index contributed by atoms with van der Waals surface area (Å²) in [5, 5.41) is 0. The average molecular weight is 324 g/mol. The molecule has 0 atom stereocenters. The summed E-state index contributed by atoms with van der Waals surface area (Å²) in [5.41, 5.74) is 1.46. The summed E-state index contributed by atoms with van der Waals surface area (Å²) < 4.78 is 1.11. The number of nitrogens with zero attached hydrogens (tertiary/aromatic N) is 1. The lowest BCUT2D eigenvalue weighted by Gasteiger charge is -2.30. The zero-order chi connectivity index (χ0) is 16.1. The molecule has 1 nitrogen and oxygen atoms in total. The third kappa shape index (κ3) is 12.2. The fraction of sp³-hybridized carbons (Fsp3) is 0.714. The van der Waals surface area contributed by atoms with E-state index >= 15 is 0 Å². The van der Waals surface area contributed by atoms with Crippen LogP contribution in [-0.4, -0.2) is 25.1 Å². The topological polar surface area (TPSA) is 0 Å². The van der Waals surface area contributed by atoms with Gasteiger partial charge >= 0.3 is 0 Å². The van der Waals surface area contributed by atoms with Crippen LogP contribution in [0.2, 0.25) is 0 Å². The van der Waals surface area contributed by atoms with Crippen molar-refractivity contribution in [2.45, 2.75) is 77.7 Å². The second-order valence-electron chi connectivity index (χ2n) is 7.49. The van der Waals surface area contributed by atoms with Gasteiger partial charge in [-0.05, 0) is 12.8 Å². The zero-order valence-corrected chi connectivity index (χ0v) is 15.7. The third-order valence-corrected chi connectivity index (χ3v) is 4.57. The standard InChI is InChI=1S/C21H38N.FH/c1-4-5-6-7-8-9-10-11-12-16-19-22(2,3)20-21-17-14-13-15-18-21;/h13-15,17-18H,4-12,16,19-20H2,1-3H3;1H/q+1;/p-1. The van der Waals surface area contributed by atoms with Gasteiger partial charge < -0.3 is 9.19 Å². The molecule has 1 aromatic carbocycles. The molecule has 23 heavy (non-hydrogen) atoms. The summed E-state index contributed by atoms with van der Waals surface area (Å²) in [7, 11) is 4.72. The molecule has 0 aromatic heterocycles. The summed E-state index contributed by atoms with van der Waals surface area (Å²) in [6, 6.07) is 10.9. The monoisotopic (exact) mass is 323 g/mol. The highest BCUT2D eigenvalue weighted by Gasteiger charge is 2.14. The van der Waals surface area contributed by atoms with E-state index in [1.807, 2.05) is 0 Å². The first-order chi connectivity index (χ1) is 10.6. The fourth-order valence-electron chi connectivity index (χ4n) is 3.18. The van der Waals surface area contributed by atoms with Gasteiger partial charge in [-0.25, -0.2) is 0 Å². The minimum absolute atomic E-state index is 0. The Bertz CT molecular complexity index is 361. The SMILES string of the molecule is CCCCCCCCCCCC[N+](C)(C)Cc1ccccc1.[F-]. The Morgan fingerprint density at radius 3 is 1.70 bits per heavy atom. The normalized spacial score (nSPS) is 11.3. The van der Waals surface area contributed by atoms with E-state index in [0.29, 0.717) is 0 Å². The van der Waals surface area contributed by atoms with Gasteiger partial charge in [0.25, 0.3) is 0 Å². The number of benzene rings is 1. The lowest BCUT2D eigenvalue weighted by Crippen LogP contribution is -3.00. The average Bonchev–Trinajstić information content (AvgIpc) is 2.49. The van der Waals surface area contributed by atoms with E-state index in [-0.39, 0.29) is 4.70 Å². The number of hydrogen-bond acceptors (Lipinski definition) is 0. The Balaban J connectivity index is 0.00000484. The molecular formula is C21H38FN. The molecule has 1 aromatic rings. The summed E-state index contributed by atoms with van der Waals surface area (Å²) >= 11 is 0. The molecule has 0 amide bonds. The highest BCUT2D eigenvalue weighted by atomic mass is 19.0. The summed E-state index contributed by atoms with van der Waals surface area (Å²) in [4.78, 5) is 0. The minimum atomic E-state index is 0. The fourth-order valence-corrected chi connectivity index (χ4v) is 3.18. The van der Waals surface area contributed by atoms with Crippen molar-refractivity contribution in [3.8, 4) is 0 Å². The Labute approximate surface area is 144 Å². The largest absolute Gasteiger partial charge is 1.00 e. The van der Waals surface area contributed by atoms with Gasteiger partial charge in [0.05, 0.1) is 20.6 Å². The second-order valence-corrected chi connectivity index (χ2v) is 7.49. The van der Waals surface area contributed by atoms with Crippen LogP contribution < -0.4 is 4.70 Å². The Hall–Kier alpha value is -0.890. The van der Waals surface area contributed by atoms with Crippen molar-refractivity contribution < 1.29 is 9.19 Å². The van der Waals surface area contributed by atoms with Crippen molar-refractivity contribution in [2.75, 3.05) is 20.6 Å². The molecule has 0 aliphatic rings. The van der Waals surface area contributed by atoms with E-state index in [2.05, 4.69) is 51.4 Å². The number of unbranched alkanes of at least 4 members (excludes halogenated alkanes) is 9. The van der Waals surface area contributed by atoms with Crippen molar-refractivity contribution >= 4 is 0 Å². The molecule has 0 radical (unpaired) electrons. The lowest BCUT2D eigenvalue weighted by atomic mass is 10.1. The van der Waals surface area contributed by atoms with Crippen LogP contribution in [0.5, 0.6) is 0 Å². The number of rotatable bonds is 13. The van der Waals surface area contributed by atoms with Gasteiger partial charge in [-0.15, -0.1) is 0 Å². The van der Waals surface area contributed by atoms with Crippen LogP contribution in [0, 0.1) is 0 Å². The van der Waals surface area contributed by atoms with Crippen LogP contribution in [0.25, 0.3) is 0 Å². The highest BCUT2D eigenvalue weighted by Crippen LogP contribution is 2.13. The van der Waals surface area contributed by atoms with Gasteiger partial charge in [0.1, 0.15) is 6.54 Å². The third-order valence-electron chi connectivity index (χ3n) is 4.57. The van der Waals surface area contributed by atoms with Gasteiger partial charge in [-0.1, -0.05) is 88.6 Å². The molecule has 0 N–H and O–H groups in total. The van der Waals surface area contributed by atoms with Crippen molar-refractivity contribution in [3.05, 3.63) is 35.9 Å². The molecular weight excluding hydrogens is 285 g/mol. The number of halogens is 1. The van der Waals surface area contributed by atoms with Crippen LogP contribution in [0.1, 0.15) is 76.7 Å². The summed E-state index contributed by atoms with van der Waals surface area (Å²) in [6.45, 7) is 4.74. The van der Waals surface area contributed by atoms with Crippen LogP contribution >= 0.6 is 0 Å². The lowest BCUT2D eigenvalue weighted by molar-refractivity contribution is -0.903. The maximum absolute atomic E-state index is 2.36. The molecule has 134 valence electrons. The van der Waals surface area contributed by atoms with Gasteiger partial charge in [0.15, 0.2) is 0 Å². The smallest absolute Gasteiger partial charge is 0.104 e. The molecule has 0 aliphatic heterocycles. The molecule has 0 spiro atoms. The first-order valence-electron chi connectivity index (χ1n) is 9.50. The molecule has 0 unspecified atom stereocenters. The van der Waals surface area contributed by atoms with Crippen LogP contribution in [-0.2, 0) is 6.54 Å². The molecule has 0 saturated carbocycles. The quantitative estimate of drug-likeness (QED) is 0.386. The van der Waals surface area contributed by atoms with Crippen molar-refractivity contribution in [1.82, 2.24) is 0 Å². The Kier molecular flexibility index (Phi) is 13.0. The number of hydrogen-bond donors (Lipinski definition) is 0. The molecule has 0 saturated heterocycles. The highest BCUT2D eigenvalue weighted by molar-refractivity contribution is 5.13. The molecule has 0 bridgehead atoms. The van der Waals surface area contributed by atoms with E-state index in [0.717, 1.165) is 11.0 Å². The zero-order valence-electron chi connectivity index (χ0n) is 15.7. The maximum Gasteiger partial charge on any atom is 0.104 e. The van der Waals surface area contributed by atoms with E-state index < -0.39 is 0 Å². The van der Waals surface area contributed by atoms with Gasteiger partial charge in [-0.2, -0.15) is 0 Å². The molecule has 1 rings (SSSR count). The van der Waals surface area contributed by atoms with E-state index in [9.17, 15) is 0 Å². The van der Waals surface area contributed by atoms with E-state index in [1.165, 1.54) is 76.3 Å². The van der Waals surface area contributed by atoms with Crippen molar-refractivity contribution in [1.29, 1.82) is 0 Å². The molecule has 0 heterocycles. The Morgan fingerprint density at radius 1 is 0.696 bits per heavy atom. The molecule has 0 fully saturated rings. The summed E-state index contributed by atoms with van der Waals surface area (Å²) in [6.07, 6.45) is 14.2. The van der Waals surface area contributed by atoms with Gasteiger partial charge in [0.2, 0.25) is 0 Å². The number of quaternary nitrogens is 1. The predicted molar refractivity (Wildman–Crippen MR) is 99.0 cm³/mol. The maximum atomic E-state index is 2.36. The van der Waals surface area contributed by atoms with Gasteiger partial charge in [-0.3, -0.25) is 0 Å². The van der Waals surface area contributed by atoms with Gasteiger partial charge in [0, 0.05) is 5.56 Å². The van der Waals surface area contributed by atoms with Crippen LogP contribution in [0.4, 0.5) is 0 Å². The van der Waals surface area contributed by atoms with E-state index in [1.54, 1.807) is 0 Å². The van der Waals surface area contributed by atoms with Crippen LogP contribution in [0.3, 0.4) is 0 Å². The first kappa shape index (κ1) is 22.1. The second kappa shape index (κ2) is 13.5. The van der Waals surface area contributed by atoms with Crippen molar-refractivity contribution in [2.24, 2.45) is 0 Å². The molecule has 0 aliphatic carbocycles. The Morgan fingerprint density at radius 2 is 1.17 bits per heavy atom. The first-order valence-corrected chi connectivity index (χ1v) is 9.50. The van der Waals surface area contributed by atoms with Crippen LogP contribution in [0.15, 0.2) is 30.3 Å². The minimum Gasteiger partial charge on any atom is -1.00 e. The van der Waals surface area contributed by atoms with E-state index in [4.69, 9.17) is 0 Å². The van der Waals surface area contributed by atoms with Crippen molar-refractivity contribution in [3.63, 3.8) is 0 Å².